The van der Waals surface area contributed by atoms with Crippen LogP contribution in [0.2, 0.25) is 0 Å². The maximum atomic E-state index is 8.72. The third kappa shape index (κ3) is 2.62. The highest BCUT2D eigenvalue weighted by molar-refractivity contribution is 5.64. The number of rotatable bonds is 3. The van der Waals surface area contributed by atoms with Gasteiger partial charge in [0.2, 0.25) is 0 Å². The first kappa shape index (κ1) is 10.3. The standard InChI is InChI=1S/C10H11N3O/c1-8-2-4-9(5-3-8)10(6-7-14)12-13-11/h2-6,14H,7H2,1H3/b10-6-. The van der Waals surface area contributed by atoms with Crippen LogP contribution in [-0.2, 0) is 0 Å². The molecule has 4 nitrogen and oxygen atoms in total. The summed E-state index contributed by atoms with van der Waals surface area (Å²) < 4.78 is 0. The third-order valence-electron chi connectivity index (χ3n) is 1.78. The molecule has 0 atom stereocenters. The highest BCUT2D eigenvalue weighted by Gasteiger charge is 1.97. The highest BCUT2D eigenvalue weighted by Crippen LogP contribution is 2.16. The van der Waals surface area contributed by atoms with Crippen molar-refractivity contribution in [3.63, 3.8) is 0 Å². The van der Waals surface area contributed by atoms with Gasteiger partial charge in [0.25, 0.3) is 0 Å². The number of nitrogens with zero attached hydrogens (tertiary/aromatic N) is 3. The summed E-state index contributed by atoms with van der Waals surface area (Å²) in [5.74, 6) is 0. The monoisotopic (exact) mass is 189 g/mol. The van der Waals surface area contributed by atoms with Crippen molar-refractivity contribution in [2.75, 3.05) is 6.61 Å². The average molecular weight is 189 g/mol. The highest BCUT2D eigenvalue weighted by atomic mass is 16.2. The third-order valence-corrected chi connectivity index (χ3v) is 1.78. The number of aryl methyl sites for hydroxylation is 1. The largest absolute Gasteiger partial charge is 0.392 e. The smallest absolute Gasteiger partial charge is 0.0620 e. The molecule has 0 saturated heterocycles. The predicted octanol–water partition coefficient (Wildman–Crippen LogP) is 2.64. The van der Waals surface area contributed by atoms with Crippen molar-refractivity contribution in [2.24, 2.45) is 5.11 Å². The van der Waals surface area contributed by atoms with Crippen LogP contribution in [0.3, 0.4) is 0 Å². The van der Waals surface area contributed by atoms with E-state index in [-0.39, 0.29) is 6.61 Å². The van der Waals surface area contributed by atoms with E-state index in [1.54, 1.807) is 0 Å². The summed E-state index contributed by atoms with van der Waals surface area (Å²) >= 11 is 0. The second-order valence-electron chi connectivity index (χ2n) is 2.83. The predicted molar refractivity (Wildman–Crippen MR) is 55.4 cm³/mol. The molecule has 0 saturated carbocycles. The van der Waals surface area contributed by atoms with Gasteiger partial charge in [-0.05, 0) is 24.1 Å². The van der Waals surface area contributed by atoms with E-state index in [1.165, 1.54) is 6.08 Å². The quantitative estimate of drug-likeness (QED) is 0.443. The van der Waals surface area contributed by atoms with E-state index < -0.39 is 0 Å². The van der Waals surface area contributed by atoms with Gasteiger partial charge in [-0.15, -0.1) is 0 Å². The van der Waals surface area contributed by atoms with Gasteiger partial charge in [-0.25, -0.2) is 0 Å². The molecule has 1 N–H and O–H groups in total. The Bertz CT molecular complexity index is 375. The molecule has 0 aliphatic heterocycles. The fourth-order valence-corrected chi connectivity index (χ4v) is 1.08. The van der Waals surface area contributed by atoms with Crippen molar-refractivity contribution < 1.29 is 5.11 Å². The van der Waals surface area contributed by atoms with Crippen LogP contribution in [0.15, 0.2) is 35.5 Å². The van der Waals surface area contributed by atoms with Crippen molar-refractivity contribution in [2.45, 2.75) is 6.92 Å². The lowest BCUT2D eigenvalue weighted by Crippen LogP contribution is -1.83. The fourth-order valence-electron chi connectivity index (χ4n) is 1.08. The number of hydrogen-bond acceptors (Lipinski definition) is 2. The second kappa shape index (κ2) is 5.07. The molecule has 1 aromatic rings. The first-order valence-corrected chi connectivity index (χ1v) is 4.21. The lowest BCUT2D eigenvalue weighted by Gasteiger charge is -2.00. The molecule has 0 aliphatic carbocycles. The van der Waals surface area contributed by atoms with Gasteiger partial charge in [0.15, 0.2) is 0 Å². The van der Waals surface area contributed by atoms with Gasteiger partial charge in [-0.2, -0.15) is 0 Å². The topological polar surface area (TPSA) is 69.0 Å². The van der Waals surface area contributed by atoms with Gasteiger partial charge in [0.05, 0.1) is 6.61 Å². The second-order valence-corrected chi connectivity index (χ2v) is 2.83. The summed E-state index contributed by atoms with van der Waals surface area (Å²) in [6.45, 7) is 1.84. The van der Waals surface area contributed by atoms with Gasteiger partial charge in [-0.3, -0.25) is 0 Å². The van der Waals surface area contributed by atoms with Crippen molar-refractivity contribution in [3.8, 4) is 0 Å². The zero-order chi connectivity index (χ0) is 10.4. The Morgan fingerprint density at radius 1 is 1.50 bits per heavy atom. The van der Waals surface area contributed by atoms with Gasteiger partial charge in [0, 0.05) is 10.6 Å². The molecule has 0 radical (unpaired) electrons. The molecule has 1 rings (SSSR count). The van der Waals surface area contributed by atoms with Crippen LogP contribution < -0.4 is 0 Å². The molecule has 0 bridgehead atoms. The molecule has 14 heavy (non-hydrogen) atoms. The molecule has 0 heterocycles. The average Bonchev–Trinajstić information content (AvgIpc) is 2.19. The Morgan fingerprint density at radius 3 is 2.64 bits per heavy atom. The minimum Gasteiger partial charge on any atom is -0.392 e. The molecule has 0 aliphatic rings. The zero-order valence-corrected chi connectivity index (χ0v) is 7.88. The summed E-state index contributed by atoms with van der Waals surface area (Å²) in [4.78, 5) is 2.70. The van der Waals surface area contributed by atoms with Crippen LogP contribution in [0.1, 0.15) is 11.1 Å². The summed E-state index contributed by atoms with van der Waals surface area (Å²) in [5.41, 5.74) is 10.7. The Morgan fingerprint density at radius 2 is 2.14 bits per heavy atom. The number of aliphatic hydroxyl groups excluding tert-OH is 1. The van der Waals surface area contributed by atoms with E-state index in [4.69, 9.17) is 10.6 Å². The van der Waals surface area contributed by atoms with E-state index in [9.17, 15) is 0 Å². The number of hydrogen-bond donors (Lipinski definition) is 1. The van der Waals surface area contributed by atoms with Gasteiger partial charge in [-0.1, -0.05) is 34.9 Å². The molecule has 0 amide bonds. The van der Waals surface area contributed by atoms with Crippen molar-refractivity contribution in [3.05, 3.63) is 51.9 Å². The first-order valence-electron chi connectivity index (χ1n) is 4.21. The molecular formula is C10H11N3O. The van der Waals surface area contributed by atoms with Crippen LogP contribution in [0.5, 0.6) is 0 Å². The molecule has 72 valence electrons. The molecular weight excluding hydrogens is 178 g/mol. The molecule has 0 aromatic heterocycles. The van der Waals surface area contributed by atoms with Crippen LogP contribution in [-0.4, -0.2) is 11.7 Å². The maximum Gasteiger partial charge on any atom is 0.0620 e. The van der Waals surface area contributed by atoms with E-state index in [1.807, 2.05) is 31.2 Å². The van der Waals surface area contributed by atoms with Crippen LogP contribution in [0.4, 0.5) is 0 Å². The SMILES string of the molecule is Cc1ccc(/C(=C/CO)N=[N+]=[N-])cc1. The lowest BCUT2D eigenvalue weighted by atomic mass is 10.1. The normalized spacial score (nSPS) is 10.9. The molecule has 0 spiro atoms. The fraction of sp³-hybridized carbons (Fsp3) is 0.200. The number of aliphatic hydroxyl groups is 1. The molecule has 1 aromatic carbocycles. The van der Waals surface area contributed by atoms with Gasteiger partial charge < -0.3 is 5.11 Å². The van der Waals surface area contributed by atoms with Crippen LogP contribution >= 0.6 is 0 Å². The summed E-state index contributed by atoms with van der Waals surface area (Å²) in [7, 11) is 0. The van der Waals surface area contributed by atoms with E-state index in [0.29, 0.717) is 5.70 Å². The number of benzene rings is 1. The molecule has 0 unspecified atom stereocenters. The van der Waals surface area contributed by atoms with Crippen LogP contribution in [0, 0.1) is 6.92 Å². The Balaban J connectivity index is 3.06. The van der Waals surface area contributed by atoms with E-state index in [0.717, 1.165) is 11.1 Å². The minimum absolute atomic E-state index is 0.137. The van der Waals surface area contributed by atoms with Gasteiger partial charge in [0.1, 0.15) is 0 Å². The summed E-state index contributed by atoms with van der Waals surface area (Å²) in [6, 6.07) is 7.55. The Kier molecular flexibility index (Phi) is 3.73. The summed E-state index contributed by atoms with van der Waals surface area (Å²) in [5, 5.41) is 12.2. The lowest BCUT2D eigenvalue weighted by molar-refractivity contribution is 0.343. The first-order chi connectivity index (χ1) is 6.77. The summed E-state index contributed by atoms with van der Waals surface area (Å²) in [6.07, 6.45) is 1.48. The zero-order valence-electron chi connectivity index (χ0n) is 7.88. The molecule has 4 heteroatoms. The van der Waals surface area contributed by atoms with Gasteiger partial charge >= 0.3 is 0 Å². The minimum atomic E-state index is -0.137. The Labute approximate surface area is 82.1 Å². The molecule has 0 fully saturated rings. The number of azide groups is 1. The Hall–Kier alpha value is -1.77. The van der Waals surface area contributed by atoms with E-state index in [2.05, 4.69) is 10.0 Å². The maximum absolute atomic E-state index is 8.72. The van der Waals surface area contributed by atoms with E-state index >= 15 is 0 Å². The van der Waals surface area contributed by atoms with Crippen molar-refractivity contribution in [1.29, 1.82) is 0 Å². The van der Waals surface area contributed by atoms with Crippen molar-refractivity contribution >= 4 is 5.70 Å². The van der Waals surface area contributed by atoms with Crippen LogP contribution in [0.25, 0.3) is 16.1 Å². The van der Waals surface area contributed by atoms with Crippen molar-refractivity contribution in [1.82, 2.24) is 0 Å².